The van der Waals surface area contributed by atoms with Crippen molar-refractivity contribution >= 4 is 11.0 Å². The molecule has 3 rings (SSSR count). The maximum absolute atomic E-state index is 12.7. The molecular weight excluding hydrogens is 322 g/mol. The van der Waals surface area contributed by atoms with Crippen molar-refractivity contribution in [1.82, 2.24) is 4.72 Å². The lowest BCUT2D eigenvalue weighted by Gasteiger charge is -2.18. The van der Waals surface area contributed by atoms with Crippen LogP contribution >= 0.6 is 0 Å². The van der Waals surface area contributed by atoms with Gasteiger partial charge in [-0.05, 0) is 49.6 Å². The predicted molar refractivity (Wildman–Crippen MR) is 95.5 cm³/mol. The Bertz CT molecular complexity index is 743. The van der Waals surface area contributed by atoms with E-state index >= 15 is 0 Å². The third kappa shape index (κ3) is 3.86. The number of aryl methyl sites for hydroxylation is 1. The number of rotatable bonds is 7. The Morgan fingerprint density at radius 1 is 1.21 bits per heavy atom. The number of nitrogens with one attached hydrogen (secondary N) is 1. The van der Waals surface area contributed by atoms with E-state index in [0.717, 1.165) is 40.4 Å². The van der Waals surface area contributed by atoms with Crippen LogP contribution in [0.15, 0.2) is 60.0 Å². The summed E-state index contributed by atoms with van der Waals surface area (Å²) in [6, 6.07) is 13.5. The van der Waals surface area contributed by atoms with Gasteiger partial charge in [-0.15, -0.1) is 6.58 Å². The maximum Gasteiger partial charge on any atom is 0.231 e. The Kier molecular flexibility index (Phi) is 5.33. The summed E-state index contributed by atoms with van der Waals surface area (Å²) in [5, 5.41) is 0. The van der Waals surface area contributed by atoms with Gasteiger partial charge >= 0.3 is 0 Å². The molecule has 0 aliphatic carbocycles. The summed E-state index contributed by atoms with van der Waals surface area (Å²) in [5.41, 5.74) is 2.18. The number of hydrogen-bond acceptors (Lipinski definition) is 3. The summed E-state index contributed by atoms with van der Waals surface area (Å²) in [4.78, 5) is 0.768. The van der Waals surface area contributed by atoms with Crippen LogP contribution in [0.1, 0.15) is 30.0 Å². The molecule has 0 saturated carbocycles. The molecule has 4 nitrogen and oxygen atoms in total. The standard InChI is InChI=1S/C19H21NO3S/c1-3-4-5-17(15-8-11-18-19(12-15)23-13-22-18)20-24(21)16-9-6-14(2)7-10-16/h3,6-12,17,20H,1,4-5,13H2,2H3/t17-,24?/m0/s1. The van der Waals surface area contributed by atoms with Crippen LogP contribution in [0.3, 0.4) is 0 Å². The first-order valence-electron chi connectivity index (χ1n) is 7.92. The molecule has 1 heterocycles. The number of ether oxygens (including phenoxy) is 2. The predicted octanol–water partition coefficient (Wildman–Crippen LogP) is 4.04. The molecule has 2 atom stereocenters. The lowest BCUT2D eigenvalue weighted by molar-refractivity contribution is 0.174. The molecule has 0 bridgehead atoms. The van der Waals surface area contributed by atoms with Gasteiger partial charge in [0.05, 0.1) is 4.90 Å². The highest BCUT2D eigenvalue weighted by Crippen LogP contribution is 2.35. The second-order valence-electron chi connectivity index (χ2n) is 5.73. The van der Waals surface area contributed by atoms with Crippen molar-refractivity contribution in [2.75, 3.05) is 6.79 Å². The number of allylic oxidation sites excluding steroid dienone is 1. The number of fused-ring (bicyclic) bond motifs is 1. The van der Waals surface area contributed by atoms with Gasteiger partial charge in [0.1, 0.15) is 11.0 Å². The van der Waals surface area contributed by atoms with Crippen molar-refractivity contribution in [3.05, 3.63) is 66.2 Å². The molecule has 5 heteroatoms. The molecule has 0 saturated heterocycles. The average Bonchev–Trinajstić information content (AvgIpc) is 3.06. The quantitative estimate of drug-likeness (QED) is 0.772. The molecule has 126 valence electrons. The van der Waals surface area contributed by atoms with E-state index in [2.05, 4.69) is 11.3 Å². The Hall–Kier alpha value is -2.11. The Labute approximate surface area is 145 Å². The molecule has 0 aromatic heterocycles. The van der Waals surface area contributed by atoms with Crippen molar-refractivity contribution in [1.29, 1.82) is 0 Å². The summed E-state index contributed by atoms with van der Waals surface area (Å²) in [6.45, 7) is 6.05. The largest absolute Gasteiger partial charge is 0.454 e. The van der Waals surface area contributed by atoms with Crippen molar-refractivity contribution in [3.63, 3.8) is 0 Å². The summed E-state index contributed by atoms with van der Waals surface area (Å²) < 4.78 is 26.7. The lowest BCUT2D eigenvalue weighted by atomic mass is 10.0. The van der Waals surface area contributed by atoms with Crippen molar-refractivity contribution in [2.24, 2.45) is 0 Å². The van der Waals surface area contributed by atoms with Crippen LogP contribution in [0.5, 0.6) is 11.5 Å². The van der Waals surface area contributed by atoms with Crippen LogP contribution in [0.2, 0.25) is 0 Å². The Morgan fingerprint density at radius 2 is 1.96 bits per heavy atom. The summed E-state index contributed by atoms with van der Waals surface area (Å²) in [5.74, 6) is 1.49. The molecule has 1 aliphatic heterocycles. The first kappa shape index (κ1) is 16.7. The third-order valence-corrected chi connectivity index (χ3v) is 5.14. The van der Waals surface area contributed by atoms with E-state index in [1.165, 1.54) is 0 Å². The highest BCUT2D eigenvalue weighted by atomic mass is 32.2. The number of benzene rings is 2. The fourth-order valence-corrected chi connectivity index (χ4v) is 3.60. The van der Waals surface area contributed by atoms with Gasteiger partial charge in [0, 0.05) is 6.04 Å². The van der Waals surface area contributed by atoms with Gasteiger partial charge in [0.15, 0.2) is 11.5 Å². The molecule has 2 aromatic rings. The molecule has 1 aliphatic rings. The molecule has 1 N–H and O–H groups in total. The normalized spacial score (nSPS) is 15.0. The molecule has 0 amide bonds. The monoisotopic (exact) mass is 343 g/mol. The molecule has 24 heavy (non-hydrogen) atoms. The van der Waals surface area contributed by atoms with Gasteiger partial charge in [0.25, 0.3) is 0 Å². The first-order chi connectivity index (χ1) is 11.7. The highest BCUT2D eigenvalue weighted by Gasteiger charge is 2.19. The molecule has 1 unspecified atom stereocenters. The smallest absolute Gasteiger partial charge is 0.231 e. The van der Waals surface area contributed by atoms with Crippen LogP contribution in [-0.2, 0) is 11.0 Å². The van der Waals surface area contributed by atoms with Crippen molar-refractivity contribution < 1.29 is 13.7 Å². The van der Waals surface area contributed by atoms with Gasteiger partial charge in [-0.1, -0.05) is 29.8 Å². The number of hydrogen-bond donors (Lipinski definition) is 1. The van der Waals surface area contributed by atoms with Gasteiger partial charge in [-0.3, -0.25) is 0 Å². The fourth-order valence-electron chi connectivity index (χ4n) is 2.57. The fraction of sp³-hybridized carbons (Fsp3) is 0.263. The summed E-state index contributed by atoms with van der Waals surface area (Å²) >= 11 is 0. The molecular formula is C19H21NO3S. The van der Waals surface area contributed by atoms with Crippen LogP contribution in [0, 0.1) is 6.92 Å². The minimum atomic E-state index is -1.28. The zero-order valence-electron chi connectivity index (χ0n) is 13.7. The van der Waals surface area contributed by atoms with Crippen molar-refractivity contribution in [2.45, 2.75) is 30.7 Å². The highest BCUT2D eigenvalue weighted by molar-refractivity contribution is 7.83. The lowest BCUT2D eigenvalue weighted by Crippen LogP contribution is -2.23. The first-order valence-corrected chi connectivity index (χ1v) is 9.07. The SMILES string of the molecule is C=CCC[C@H](NS(=O)c1ccc(C)cc1)c1ccc2c(c1)OCO2. The average molecular weight is 343 g/mol. The molecule has 0 spiro atoms. The van der Waals surface area contributed by atoms with Crippen molar-refractivity contribution in [3.8, 4) is 11.5 Å². The zero-order chi connectivity index (χ0) is 16.9. The van der Waals surface area contributed by atoms with Crippen LogP contribution < -0.4 is 14.2 Å². The molecule has 0 radical (unpaired) electrons. The molecule has 0 fully saturated rings. The summed E-state index contributed by atoms with van der Waals surface area (Å²) in [7, 11) is -1.28. The van der Waals surface area contributed by atoms with E-state index in [0.29, 0.717) is 0 Å². The van der Waals surface area contributed by atoms with Gasteiger partial charge in [-0.2, -0.15) is 0 Å². The van der Waals surface area contributed by atoms with Crippen LogP contribution in [0.4, 0.5) is 0 Å². The van der Waals surface area contributed by atoms with E-state index < -0.39 is 11.0 Å². The molecule has 2 aromatic carbocycles. The second kappa shape index (κ2) is 7.64. The van der Waals surface area contributed by atoms with E-state index in [1.807, 2.05) is 55.5 Å². The van der Waals surface area contributed by atoms with Crippen LogP contribution in [0.25, 0.3) is 0 Å². The zero-order valence-corrected chi connectivity index (χ0v) is 14.5. The Balaban J connectivity index is 1.79. The minimum absolute atomic E-state index is 0.0559. The minimum Gasteiger partial charge on any atom is -0.454 e. The van der Waals surface area contributed by atoms with Crippen LogP contribution in [-0.4, -0.2) is 11.0 Å². The summed E-state index contributed by atoms with van der Waals surface area (Å²) in [6.07, 6.45) is 3.51. The van der Waals surface area contributed by atoms with Gasteiger partial charge in [-0.25, -0.2) is 8.93 Å². The van der Waals surface area contributed by atoms with Gasteiger partial charge < -0.3 is 9.47 Å². The topological polar surface area (TPSA) is 47.6 Å². The Morgan fingerprint density at radius 3 is 2.71 bits per heavy atom. The van der Waals surface area contributed by atoms with Gasteiger partial charge in [0.2, 0.25) is 6.79 Å². The van der Waals surface area contributed by atoms with E-state index in [9.17, 15) is 4.21 Å². The third-order valence-electron chi connectivity index (χ3n) is 3.94. The van der Waals surface area contributed by atoms with E-state index in [-0.39, 0.29) is 12.8 Å². The van der Waals surface area contributed by atoms with E-state index in [4.69, 9.17) is 9.47 Å². The maximum atomic E-state index is 12.7. The van der Waals surface area contributed by atoms with E-state index in [1.54, 1.807) is 0 Å². The second-order valence-corrected chi connectivity index (χ2v) is 6.98.